The van der Waals surface area contributed by atoms with Gasteiger partial charge in [0.2, 0.25) is 5.91 Å². The lowest BCUT2D eigenvalue weighted by atomic mass is 10.0. The number of quaternary nitrogens is 1. The molecule has 2 N–H and O–H groups in total. The molecule has 0 radical (unpaired) electrons. The van der Waals surface area contributed by atoms with Crippen LogP contribution in [0, 0.1) is 0 Å². The molecule has 3 unspecified atom stereocenters. The number of phosphoric ester groups is 1. The Labute approximate surface area is 418 Å². The summed E-state index contributed by atoms with van der Waals surface area (Å²) < 4.78 is 23.2. The zero-order valence-electron chi connectivity index (χ0n) is 44.0. The molecule has 0 saturated carbocycles. The Hall–Kier alpha value is -3.10. The zero-order valence-corrected chi connectivity index (χ0v) is 44.9. The van der Waals surface area contributed by atoms with Crippen LogP contribution in [0.4, 0.5) is 0 Å². The van der Waals surface area contributed by atoms with Gasteiger partial charge in [0.1, 0.15) is 13.2 Å². The van der Waals surface area contributed by atoms with Crippen LogP contribution in [0.2, 0.25) is 0 Å². The third kappa shape index (κ3) is 50.8. The summed E-state index contributed by atoms with van der Waals surface area (Å²) in [4.78, 5) is 25.3. The van der Waals surface area contributed by atoms with E-state index >= 15 is 0 Å². The van der Waals surface area contributed by atoms with Crippen LogP contribution in [0.5, 0.6) is 0 Å². The quantitative estimate of drug-likeness (QED) is 0.0272. The molecule has 0 aliphatic rings. The van der Waals surface area contributed by atoms with Gasteiger partial charge in [-0.1, -0.05) is 219 Å². The maximum atomic E-state index is 12.9. The fraction of sp³-hybridized carbons (Fsp3) is 0.644. The van der Waals surface area contributed by atoms with E-state index in [4.69, 9.17) is 9.05 Å². The SMILES string of the molecule is CC/C=C\C/C=C\C/C=C\C/C=C\C/C=C\C/C=C\C/C=C\C/C=C\C/C=C\C/C=C\CCCCCCCCCCC(=O)NC(COP(=O)([O-])OCC[N+](C)(C)C)C(O)CCCCCCCCC. The van der Waals surface area contributed by atoms with Crippen molar-refractivity contribution in [1.82, 2.24) is 5.32 Å². The molecule has 0 spiro atoms. The Morgan fingerprint density at radius 2 is 0.897 bits per heavy atom. The number of nitrogens with one attached hydrogen (secondary N) is 1. The second-order valence-corrected chi connectivity index (χ2v) is 20.3. The van der Waals surface area contributed by atoms with E-state index in [1.54, 1.807) is 0 Å². The van der Waals surface area contributed by atoms with Crippen LogP contribution in [0.3, 0.4) is 0 Å². The lowest BCUT2D eigenvalue weighted by Crippen LogP contribution is -2.46. The van der Waals surface area contributed by atoms with Crippen molar-refractivity contribution in [1.29, 1.82) is 0 Å². The first-order valence-electron chi connectivity index (χ1n) is 26.9. The molecule has 0 aromatic heterocycles. The number of likely N-dealkylation sites (N-methyl/N-ethyl adjacent to an activating group) is 1. The molecule has 0 saturated heterocycles. The van der Waals surface area contributed by atoms with Crippen molar-refractivity contribution in [3.63, 3.8) is 0 Å². The normalized spacial score (nSPS) is 15.0. The van der Waals surface area contributed by atoms with Crippen molar-refractivity contribution >= 4 is 13.7 Å². The molecule has 0 heterocycles. The first kappa shape index (κ1) is 64.9. The second-order valence-electron chi connectivity index (χ2n) is 18.9. The van der Waals surface area contributed by atoms with E-state index in [9.17, 15) is 19.4 Å². The van der Waals surface area contributed by atoms with Crippen LogP contribution >= 0.6 is 7.82 Å². The third-order valence-corrected chi connectivity index (χ3v) is 12.2. The zero-order chi connectivity index (χ0) is 49.9. The average molecular weight is 965 g/mol. The molecule has 0 aliphatic heterocycles. The molecule has 9 heteroatoms. The molecule has 0 aliphatic carbocycles. The number of nitrogens with zero attached hydrogens (tertiary/aromatic N) is 1. The minimum absolute atomic E-state index is 0.00401. The van der Waals surface area contributed by atoms with Gasteiger partial charge in [-0.25, -0.2) is 0 Å². The van der Waals surface area contributed by atoms with Gasteiger partial charge in [0, 0.05) is 6.42 Å². The summed E-state index contributed by atoms with van der Waals surface area (Å²) >= 11 is 0. The molecule has 68 heavy (non-hydrogen) atoms. The van der Waals surface area contributed by atoms with Crippen LogP contribution in [0.15, 0.2) is 122 Å². The lowest BCUT2D eigenvalue weighted by molar-refractivity contribution is -0.870. The van der Waals surface area contributed by atoms with E-state index in [1.807, 2.05) is 21.1 Å². The Balaban J connectivity index is 4.01. The highest BCUT2D eigenvalue weighted by atomic mass is 31.2. The number of unbranched alkanes of at least 4 members (excludes halogenated alkanes) is 14. The van der Waals surface area contributed by atoms with Crippen molar-refractivity contribution in [2.45, 2.75) is 206 Å². The van der Waals surface area contributed by atoms with Crippen LogP contribution in [-0.4, -0.2) is 68.5 Å². The van der Waals surface area contributed by atoms with Gasteiger partial charge in [0.25, 0.3) is 7.82 Å². The van der Waals surface area contributed by atoms with Crippen LogP contribution in [0.1, 0.15) is 194 Å². The van der Waals surface area contributed by atoms with Crippen molar-refractivity contribution in [3.05, 3.63) is 122 Å². The van der Waals surface area contributed by atoms with Crippen molar-refractivity contribution in [2.75, 3.05) is 40.9 Å². The van der Waals surface area contributed by atoms with Crippen LogP contribution < -0.4 is 10.2 Å². The number of aliphatic hydroxyl groups excluding tert-OH is 1. The summed E-state index contributed by atoms with van der Waals surface area (Å²) in [6, 6.07) is -0.810. The summed E-state index contributed by atoms with van der Waals surface area (Å²) in [5.41, 5.74) is 0. The standard InChI is InChI=1S/C59H101N2O6P/c1-6-8-10-12-14-15-16-17-18-19-20-21-22-23-24-25-26-27-28-29-30-31-32-33-34-35-36-37-38-39-40-41-42-43-44-45-47-49-51-53-59(63)60-57(58(62)52-50-48-46-13-11-9-7-2)56-67-68(64,65)66-55-54-61(3,4)5/h8,10,14-15,17-18,20-21,23-24,26-27,29-30,32-33,35-36,38-39,57-58,62H,6-7,9,11-13,16,19,22,25,28,31,34,37,40-56H2,1-5H3,(H-,60,63,64,65)/b10-8-,15-14-,18-17-,21-20-,24-23-,27-26-,30-29-,33-32-,36-35-,39-38-. The van der Waals surface area contributed by atoms with Gasteiger partial charge in [0.15, 0.2) is 0 Å². The summed E-state index contributed by atoms with van der Waals surface area (Å²) in [7, 11) is 1.28. The summed E-state index contributed by atoms with van der Waals surface area (Å²) in [6.45, 7) is 4.52. The van der Waals surface area contributed by atoms with Crippen molar-refractivity contribution in [2.24, 2.45) is 0 Å². The van der Waals surface area contributed by atoms with Gasteiger partial charge < -0.3 is 28.8 Å². The lowest BCUT2D eigenvalue weighted by Gasteiger charge is -2.30. The van der Waals surface area contributed by atoms with E-state index in [0.717, 1.165) is 116 Å². The van der Waals surface area contributed by atoms with Crippen LogP contribution in [-0.2, 0) is 18.4 Å². The van der Waals surface area contributed by atoms with Gasteiger partial charge in [-0.3, -0.25) is 9.36 Å². The van der Waals surface area contributed by atoms with Gasteiger partial charge in [-0.05, 0) is 89.9 Å². The molecule has 0 aromatic rings. The molecule has 3 atom stereocenters. The number of rotatable bonds is 47. The molecule has 1 amide bonds. The van der Waals surface area contributed by atoms with Gasteiger partial charge in [0.05, 0.1) is 39.9 Å². The molecule has 8 nitrogen and oxygen atoms in total. The number of carbonyl (C=O) groups is 1. The number of hydrogen-bond acceptors (Lipinski definition) is 6. The highest BCUT2D eigenvalue weighted by Crippen LogP contribution is 2.38. The Morgan fingerprint density at radius 3 is 1.31 bits per heavy atom. The molecule has 0 aromatic carbocycles. The van der Waals surface area contributed by atoms with E-state index in [2.05, 4.69) is 141 Å². The van der Waals surface area contributed by atoms with Crippen molar-refractivity contribution in [3.8, 4) is 0 Å². The second kappa shape index (κ2) is 48.9. The number of carbonyl (C=O) groups excluding carboxylic acids is 1. The Kier molecular flexibility index (Phi) is 46.7. The third-order valence-electron chi connectivity index (χ3n) is 11.2. The minimum Gasteiger partial charge on any atom is -0.756 e. The fourth-order valence-electron chi connectivity index (χ4n) is 7.01. The first-order chi connectivity index (χ1) is 33.0. The number of amides is 1. The molecule has 0 rings (SSSR count). The predicted molar refractivity (Wildman–Crippen MR) is 292 cm³/mol. The number of phosphoric acid groups is 1. The number of allylic oxidation sites excluding steroid dienone is 20. The predicted octanol–water partition coefficient (Wildman–Crippen LogP) is 15.6. The molecular weight excluding hydrogens is 864 g/mol. The van der Waals surface area contributed by atoms with Gasteiger partial charge in [-0.15, -0.1) is 0 Å². The number of hydrogen-bond donors (Lipinski definition) is 2. The maximum Gasteiger partial charge on any atom is 0.268 e. The number of aliphatic hydroxyl groups is 1. The average Bonchev–Trinajstić information content (AvgIpc) is 3.30. The van der Waals surface area contributed by atoms with E-state index in [1.165, 1.54) is 51.4 Å². The molecule has 0 bridgehead atoms. The largest absolute Gasteiger partial charge is 0.756 e. The van der Waals surface area contributed by atoms with E-state index in [0.29, 0.717) is 23.9 Å². The van der Waals surface area contributed by atoms with Gasteiger partial charge >= 0.3 is 0 Å². The fourth-order valence-corrected chi connectivity index (χ4v) is 7.73. The molecule has 0 fully saturated rings. The topological polar surface area (TPSA) is 108 Å². The summed E-state index contributed by atoms with van der Waals surface area (Å²) in [5, 5.41) is 13.8. The maximum absolute atomic E-state index is 12.9. The minimum atomic E-state index is -4.57. The van der Waals surface area contributed by atoms with E-state index < -0.39 is 20.0 Å². The summed E-state index contributed by atoms with van der Waals surface area (Å²) in [6.07, 6.45) is 72.6. The van der Waals surface area contributed by atoms with E-state index in [-0.39, 0.29) is 19.1 Å². The Bertz CT molecular complexity index is 1510. The monoisotopic (exact) mass is 965 g/mol. The van der Waals surface area contributed by atoms with Crippen molar-refractivity contribution < 1.29 is 32.9 Å². The summed E-state index contributed by atoms with van der Waals surface area (Å²) in [5.74, 6) is -0.184. The highest BCUT2D eigenvalue weighted by Gasteiger charge is 2.24. The molecular formula is C59H101N2O6P. The smallest absolute Gasteiger partial charge is 0.268 e. The highest BCUT2D eigenvalue weighted by molar-refractivity contribution is 7.45. The van der Waals surface area contributed by atoms with Gasteiger partial charge in [-0.2, -0.15) is 0 Å². The first-order valence-corrected chi connectivity index (χ1v) is 28.3. The Morgan fingerprint density at radius 1 is 0.529 bits per heavy atom. The van der Waals surface area contributed by atoms with Crippen LogP contribution in [0.25, 0.3) is 0 Å². The molecule has 388 valence electrons.